The molecule has 1 fully saturated rings. The van der Waals surface area contributed by atoms with Crippen LogP contribution in [0.4, 0.5) is 11.4 Å². The van der Waals surface area contributed by atoms with Crippen LogP contribution in [0, 0.1) is 6.92 Å². The first-order chi connectivity index (χ1) is 8.25. The van der Waals surface area contributed by atoms with Crippen LogP contribution in [-0.4, -0.2) is 6.04 Å². The maximum atomic E-state index is 5.85. The summed E-state index contributed by atoms with van der Waals surface area (Å²) in [6, 6.07) is 6.77. The van der Waals surface area contributed by atoms with Gasteiger partial charge in [-0.2, -0.15) is 0 Å². The zero-order valence-corrected chi connectivity index (χ0v) is 10.8. The van der Waals surface area contributed by atoms with Gasteiger partial charge in [0, 0.05) is 17.4 Å². The molecule has 0 aromatic heterocycles. The van der Waals surface area contributed by atoms with Crippen LogP contribution in [0.15, 0.2) is 18.2 Å². The van der Waals surface area contributed by atoms with Crippen molar-refractivity contribution >= 4 is 11.4 Å². The van der Waals surface area contributed by atoms with Gasteiger partial charge in [-0.15, -0.1) is 0 Å². The highest BCUT2D eigenvalue weighted by Crippen LogP contribution is 2.24. The highest BCUT2D eigenvalue weighted by atomic mass is 14.9. The lowest BCUT2D eigenvalue weighted by Gasteiger charge is -2.23. The lowest BCUT2D eigenvalue weighted by atomic mass is 9.96. The molecule has 1 aromatic rings. The topological polar surface area (TPSA) is 38.0 Å². The first kappa shape index (κ1) is 12.3. The van der Waals surface area contributed by atoms with E-state index in [9.17, 15) is 0 Å². The Balaban J connectivity index is 2.00. The van der Waals surface area contributed by atoms with E-state index in [4.69, 9.17) is 5.73 Å². The van der Waals surface area contributed by atoms with Gasteiger partial charge < -0.3 is 11.1 Å². The number of hydrogen-bond acceptors (Lipinski definition) is 2. The third kappa shape index (κ3) is 3.65. The van der Waals surface area contributed by atoms with Crippen molar-refractivity contribution in [3.05, 3.63) is 23.8 Å². The van der Waals surface area contributed by atoms with Gasteiger partial charge in [0.05, 0.1) is 0 Å². The summed E-state index contributed by atoms with van der Waals surface area (Å²) in [6.45, 7) is 2.14. The van der Waals surface area contributed by atoms with Gasteiger partial charge in [-0.3, -0.25) is 0 Å². The molecule has 94 valence electrons. The molecule has 0 atom stereocenters. The van der Waals surface area contributed by atoms with Crippen molar-refractivity contribution in [3.8, 4) is 0 Å². The lowest BCUT2D eigenvalue weighted by Crippen LogP contribution is -2.21. The van der Waals surface area contributed by atoms with E-state index >= 15 is 0 Å². The van der Waals surface area contributed by atoms with Gasteiger partial charge in [0.15, 0.2) is 0 Å². The zero-order chi connectivity index (χ0) is 12.1. The smallest absolute Gasteiger partial charge is 0.0392 e. The molecular weight excluding hydrogens is 208 g/mol. The summed E-state index contributed by atoms with van der Waals surface area (Å²) >= 11 is 0. The van der Waals surface area contributed by atoms with Crippen LogP contribution in [0.25, 0.3) is 0 Å². The zero-order valence-electron chi connectivity index (χ0n) is 10.8. The van der Waals surface area contributed by atoms with Gasteiger partial charge in [-0.25, -0.2) is 0 Å². The molecule has 0 radical (unpaired) electrons. The van der Waals surface area contributed by atoms with E-state index in [0.29, 0.717) is 6.04 Å². The third-order valence-electron chi connectivity index (χ3n) is 3.73. The Bertz CT molecular complexity index is 352. The number of nitrogens with one attached hydrogen (secondary N) is 1. The summed E-state index contributed by atoms with van der Waals surface area (Å²) in [7, 11) is 0. The minimum atomic E-state index is 0.635. The van der Waals surface area contributed by atoms with E-state index in [1.54, 1.807) is 0 Å². The molecule has 0 heterocycles. The van der Waals surface area contributed by atoms with Crippen molar-refractivity contribution in [2.24, 2.45) is 0 Å². The second kappa shape index (κ2) is 5.95. The van der Waals surface area contributed by atoms with Crippen molar-refractivity contribution in [2.45, 2.75) is 57.9 Å². The molecule has 1 aliphatic rings. The van der Waals surface area contributed by atoms with Crippen LogP contribution in [0.2, 0.25) is 0 Å². The molecule has 3 N–H and O–H groups in total. The van der Waals surface area contributed by atoms with Gasteiger partial charge >= 0.3 is 0 Å². The largest absolute Gasteiger partial charge is 0.399 e. The second-order valence-electron chi connectivity index (χ2n) is 5.26. The third-order valence-corrected chi connectivity index (χ3v) is 3.73. The van der Waals surface area contributed by atoms with Crippen LogP contribution in [-0.2, 0) is 0 Å². The Hall–Kier alpha value is -1.18. The number of anilines is 2. The number of rotatable bonds is 2. The van der Waals surface area contributed by atoms with Crippen LogP contribution in [0.5, 0.6) is 0 Å². The number of hydrogen-bond donors (Lipinski definition) is 2. The van der Waals surface area contributed by atoms with E-state index in [1.165, 1.54) is 56.2 Å². The van der Waals surface area contributed by atoms with Crippen molar-refractivity contribution in [1.82, 2.24) is 0 Å². The summed E-state index contributed by atoms with van der Waals surface area (Å²) < 4.78 is 0. The molecule has 2 heteroatoms. The molecule has 1 saturated carbocycles. The molecule has 2 rings (SSSR count). The SMILES string of the molecule is Cc1ccc(N)cc1NC1CCCCCCC1. The average molecular weight is 232 g/mol. The minimum Gasteiger partial charge on any atom is -0.399 e. The van der Waals surface area contributed by atoms with Crippen LogP contribution in [0.3, 0.4) is 0 Å². The molecule has 0 saturated heterocycles. The summed E-state index contributed by atoms with van der Waals surface area (Å²) in [5.74, 6) is 0. The standard InChI is InChI=1S/C15H24N2/c1-12-9-10-13(16)11-15(12)17-14-7-5-3-2-4-6-8-14/h9-11,14,17H,2-8,16H2,1H3. The molecule has 2 nitrogen and oxygen atoms in total. The Kier molecular flexibility index (Phi) is 4.29. The quantitative estimate of drug-likeness (QED) is 0.753. The highest BCUT2D eigenvalue weighted by Gasteiger charge is 2.11. The highest BCUT2D eigenvalue weighted by molar-refractivity contribution is 5.59. The molecule has 0 spiro atoms. The summed E-state index contributed by atoms with van der Waals surface area (Å²) in [4.78, 5) is 0. The predicted molar refractivity (Wildman–Crippen MR) is 75.3 cm³/mol. The van der Waals surface area contributed by atoms with Gasteiger partial charge in [-0.05, 0) is 37.5 Å². The first-order valence-corrected chi connectivity index (χ1v) is 6.88. The van der Waals surface area contributed by atoms with Crippen molar-refractivity contribution in [2.75, 3.05) is 11.1 Å². The molecule has 0 unspecified atom stereocenters. The van der Waals surface area contributed by atoms with E-state index in [-0.39, 0.29) is 0 Å². The Morgan fingerprint density at radius 1 is 1.06 bits per heavy atom. The van der Waals surface area contributed by atoms with Crippen LogP contribution < -0.4 is 11.1 Å². The van der Waals surface area contributed by atoms with Crippen LogP contribution >= 0.6 is 0 Å². The second-order valence-corrected chi connectivity index (χ2v) is 5.26. The van der Waals surface area contributed by atoms with E-state index < -0.39 is 0 Å². The van der Waals surface area contributed by atoms with Gasteiger partial charge in [0.2, 0.25) is 0 Å². The molecule has 1 aromatic carbocycles. The monoisotopic (exact) mass is 232 g/mol. The van der Waals surface area contributed by atoms with E-state index in [0.717, 1.165) is 5.69 Å². The maximum absolute atomic E-state index is 5.85. The Labute approximate surface area is 105 Å². The van der Waals surface area contributed by atoms with Crippen LogP contribution in [0.1, 0.15) is 50.5 Å². The normalized spacial score (nSPS) is 18.4. The lowest BCUT2D eigenvalue weighted by molar-refractivity contribution is 0.471. The number of nitrogen functional groups attached to an aromatic ring is 1. The molecule has 0 bridgehead atoms. The van der Waals surface area contributed by atoms with Gasteiger partial charge in [0.25, 0.3) is 0 Å². The minimum absolute atomic E-state index is 0.635. The Morgan fingerprint density at radius 3 is 2.41 bits per heavy atom. The molecule has 1 aliphatic carbocycles. The van der Waals surface area contributed by atoms with E-state index in [2.05, 4.69) is 24.4 Å². The molecule has 0 amide bonds. The maximum Gasteiger partial charge on any atom is 0.0392 e. The summed E-state index contributed by atoms with van der Waals surface area (Å²) in [5, 5.41) is 3.68. The fourth-order valence-corrected chi connectivity index (χ4v) is 2.62. The first-order valence-electron chi connectivity index (χ1n) is 6.88. The Morgan fingerprint density at radius 2 is 1.71 bits per heavy atom. The summed E-state index contributed by atoms with van der Waals surface area (Å²) in [5.41, 5.74) is 9.21. The molecule has 0 aliphatic heterocycles. The average Bonchev–Trinajstić information content (AvgIpc) is 2.27. The fourth-order valence-electron chi connectivity index (χ4n) is 2.62. The van der Waals surface area contributed by atoms with Gasteiger partial charge in [-0.1, -0.05) is 38.2 Å². The molecule has 17 heavy (non-hydrogen) atoms. The van der Waals surface area contributed by atoms with Crippen molar-refractivity contribution in [3.63, 3.8) is 0 Å². The number of benzene rings is 1. The number of aryl methyl sites for hydroxylation is 1. The predicted octanol–water partition coefficient (Wildman–Crippen LogP) is 4.10. The molecular formula is C15H24N2. The van der Waals surface area contributed by atoms with Gasteiger partial charge in [0.1, 0.15) is 0 Å². The number of nitrogens with two attached hydrogens (primary N) is 1. The van der Waals surface area contributed by atoms with Crippen molar-refractivity contribution in [1.29, 1.82) is 0 Å². The van der Waals surface area contributed by atoms with E-state index in [1.807, 2.05) is 6.07 Å². The summed E-state index contributed by atoms with van der Waals surface area (Å²) in [6.07, 6.45) is 9.53. The fraction of sp³-hybridized carbons (Fsp3) is 0.600. The van der Waals surface area contributed by atoms with Crippen molar-refractivity contribution < 1.29 is 0 Å².